The van der Waals surface area contributed by atoms with Gasteiger partial charge in [-0.15, -0.1) is 0 Å². The van der Waals surface area contributed by atoms with E-state index in [0.29, 0.717) is 10.7 Å². The molecular formula is C8H9ClN2O3. The van der Waals surface area contributed by atoms with Crippen molar-refractivity contribution in [1.29, 1.82) is 0 Å². The molecule has 5 nitrogen and oxygen atoms in total. The molecule has 0 saturated heterocycles. The van der Waals surface area contributed by atoms with E-state index in [1.807, 2.05) is 0 Å². The van der Waals surface area contributed by atoms with Gasteiger partial charge < -0.3 is 5.11 Å². The Bertz CT molecular complexity index is 335. The van der Waals surface area contributed by atoms with Crippen molar-refractivity contribution >= 4 is 23.5 Å². The molecule has 0 radical (unpaired) electrons. The maximum atomic E-state index is 11.0. The monoisotopic (exact) mass is 216 g/mol. The molecule has 0 aliphatic carbocycles. The van der Waals surface area contributed by atoms with Crippen LogP contribution in [0.5, 0.6) is 0 Å². The van der Waals surface area contributed by atoms with Gasteiger partial charge in [-0.25, -0.2) is 4.79 Å². The second kappa shape index (κ2) is 4.15. The Morgan fingerprint density at radius 2 is 2.36 bits per heavy atom. The van der Waals surface area contributed by atoms with Gasteiger partial charge in [-0.3, -0.25) is 15.2 Å². The summed E-state index contributed by atoms with van der Waals surface area (Å²) in [5.74, 6) is -1.29. The molecule has 1 heterocycles. The van der Waals surface area contributed by atoms with Crippen LogP contribution >= 0.6 is 11.6 Å². The topological polar surface area (TPSA) is 69.6 Å². The van der Waals surface area contributed by atoms with E-state index in [1.165, 1.54) is 11.1 Å². The van der Waals surface area contributed by atoms with Crippen molar-refractivity contribution in [2.24, 2.45) is 0 Å². The van der Waals surface area contributed by atoms with Crippen LogP contribution in [0.4, 0.5) is 0 Å². The van der Waals surface area contributed by atoms with Gasteiger partial charge in [-0.05, 0) is 11.6 Å². The number of halogens is 1. The van der Waals surface area contributed by atoms with Crippen LogP contribution in [0.2, 0.25) is 0 Å². The van der Waals surface area contributed by atoms with Crippen LogP contribution in [0.3, 0.4) is 0 Å². The number of carbonyl (C=O) groups is 2. The second-order valence-electron chi connectivity index (χ2n) is 2.76. The lowest BCUT2D eigenvalue weighted by Gasteiger charge is -2.25. The van der Waals surface area contributed by atoms with Gasteiger partial charge in [0.2, 0.25) is 5.91 Å². The summed E-state index contributed by atoms with van der Waals surface area (Å²) >= 11 is 5.83. The van der Waals surface area contributed by atoms with Gasteiger partial charge in [0, 0.05) is 13.1 Å². The van der Waals surface area contributed by atoms with Crippen molar-refractivity contribution in [3.63, 3.8) is 0 Å². The lowest BCUT2D eigenvalue weighted by Crippen LogP contribution is -2.41. The smallest absolute Gasteiger partial charge is 0.328 e. The number of carboxylic acids is 1. The fourth-order valence-electron chi connectivity index (χ4n) is 1.04. The molecule has 0 saturated carbocycles. The third-order valence-corrected chi connectivity index (χ3v) is 2.13. The van der Waals surface area contributed by atoms with E-state index >= 15 is 0 Å². The molecule has 76 valence electrons. The van der Waals surface area contributed by atoms with Gasteiger partial charge in [0.1, 0.15) is 5.16 Å². The molecule has 2 N–H and O–H groups in total. The average molecular weight is 217 g/mol. The highest BCUT2D eigenvalue weighted by Crippen LogP contribution is 2.20. The second-order valence-corrected chi connectivity index (χ2v) is 3.12. The normalized spacial score (nSPS) is 17.6. The van der Waals surface area contributed by atoms with Crippen LogP contribution in [0.15, 0.2) is 22.9 Å². The minimum atomic E-state index is -1.07. The van der Waals surface area contributed by atoms with Crippen LogP contribution in [-0.2, 0) is 9.59 Å². The molecule has 0 aromatic rings. The highest BCUT2D eigenvalue weighted by Gasteiger charge is 2.18. The molecule has 14 heavy (non-hydrogen) atoms. The molecule has 1 aliphatic rings. The third-order valence-electron chi connectivity index (χ3n) is 1.63. The maximum Gasteiger partial charge on any atom is 0.328 e. The van der Waals surface area contributed by atoms with Crippen LogP contribution in [0.1, 0.15) is 6.42 Å². The van der Waals surface area contributed by atoms with Crippen LogP contribution in [0, 0.1) is 0 Å². The highest BCUT2D eigenvalue weighted by atomic mass is 35.5. The van der Waals surface area contributed by atoms with E-state index in [1.54, 1.807) is 7.05 Å². The Morgan fingerprint density at radius 1 is 1.71 bits per heavy atom. The molecule has 1 amide bonds. The Balaban J connectivity index is 2.89. The van der Waals surface area contributed by atoms with E-state index < -0.39 is 5.97 Å². The Labute approximate surface area is 85.6 Å². The molecule has 0 atom stereocenters. The van der Waals surface area contributed by atoms with Gasteiger partial charge in [0.25, 0.3) is 0 Å². The number of allylic oxidation sites excluding steroid dienone is 1. The summed E-state index contributed by atoms with van der Waals surface area (Å²) in [6.45, 7) is 0. The summed E-state index contributed by atoms with van der Waals surface area (Å²) in [6, 6.07) is 0. The van der Waals surface area contributed by atoms with Gasteiger partial charge in [-0.2, -0.15) is 0 Å². The molecule has 1 aliphatic heterocycles. The van der Waals surface area contributed by atoms with E-state index in [4.69, 9.17) is 16.7 Å². The standard InChI is InChI=1S/C8H9ClN2O3/c1-11-8(9)5(2-3-7(13)14)4-6(12)10-11/h2-3H,4H2,1H3,(H,10,12)(H,13,14). The maximum absolute atomic E-state index is 11.0. The van der Waals surface area contributed by atoms with Crippen molar-refractivity contribution in [3.8, 4) is 0 Å². The van der Waals surface area contributed by atoms with Crippen molar-refractivity contribution in [1.82, 2.24) is 10.4 Å². The van der Waals surface area contributed by atoms with Gasteiger partial charge in [-0.1, -0.05) is 11.6 Å². The molecule has 0 spiro atoms. The summed E-state index contributed by atoms with van der Waals surface area (Å²) in [6.07, 6.45) is 2.36. The first-order chi connectivity index (χ1) is 6.50. The van der Waals surface area contributed by atoms with Gasteiger partial charge in [0.05, 0.1) is 6.42 Å². The molecule has 0 fully saturated rings. The average Bonchev–Trinajstić information content (AvgIpc) is 2.08. The molecule has 0 aromatic carbocycles. The molecule has 0 unspecified atom stereocenters. The first-order valence-electron chi connectivity index (χ1n) is 3.83. The van der Waals surface area contributed by atoms with Crippen molar-refractivity contribution < 1.29 is 14.7 Å². The number of amides is 1. The molecule has 0 aromatic heterocycles. The third kappa shape index (κ3) is 2.50. The van der Waals surface area contributed by atoms with Crippen molar-refractivity contribution in [2.45, 2.75) is 6.42 Å². The first-order valence-corrected chi connectivity index (χ1v) is 4.21. The zero-order chi connectivity index (χ0) is 10.7. The number of rotatable bonds is 2. The van der Waals surface area contributed by atoms with Crippen LogP contribution < -0.4 is 5.43 Å². The quantitative estimate of drug-likeness (QED) is 0.519. The largest absolute Gasteiger partial charge is 0.478 e. The summed E-state index contributed by atoms with van der Waals surface area (Å²) in [4.78, 5) is 21.3. The molecular weight excluding hydrogens is 208 g/mol. The number of hydrazine groups is 1. The fourth-order valence-corrected chi connectivity index (χ4v) is 1.21. The predicted octanol–water partition coefficient (Wildman–Crippen LogP) is 0.444. The number of hydrogen-bond donors (Lipinski definition) is 2. The summed E-state index contributed by atoms with van der Waals surface area (Å²) in [5.41, 5.74) is 2.96. The van der Waals surface area contributed by atoms with E-state index in [2.05, 4.69) is 5.43 Å². The molecule has 0 bridgehead atoms. The van der Waals surface area contributed by atoms with Crippen LogP contribution in [0.25, 0.3) is 0 Å². The number of hydrogen-bond acceptors (Lipinski definition) is 3. The van der Waals surface area contributed by atoms with Gasteiger partial charge >= 0.3 is 5.97 Å². The zero-order valence-corrected chi connectivity index (χ0v) is 8.21. The molecule has 1 rings (SSSR count). The number of nitrogens with one attached hydrogen (secondary N) is 1. The summed E-state index contributed by atoms with van der Waals surface area (Å²) in [7, 11) is 1.58. The minimum absolute atomic E-state index is 0.0902. The van der Waals surface area contributed by atoms with Crippen molar-refractivity contribution in [2.75, 3.05) is 7.05 Å². The molecule has 6 heteroatoms. The number of aliphatic carboxylic acids is 1. The number of carboxylic acid groups (broad SMARTS) is 1. The van der Waals surface area contributed by atoms with E-state index in [-0.39, 0.29) is 12.3 Å². The number of carbonyl (C=O) groups excluding carboxylic acids is 1. The Hall–Kier alpha value is -1.49. The minimum Gasteiger partial charge on any atom is -0.478 e. The SMILES string of the molecule is CN1NC(=O)CC(C=CC(=O)O)=C1Cl. The van der Waals surface area contributed by atoms with E-state index in [9.17, 15) is 9.59 Å². The van der Waals surface area contributed by atoms with Gasteiger partial charge in [0.15, 0.2) is 0 Å². The Morgan fingerprint density at radius 3 is 2.93 bits per heavy atom. The zero-order valence-electron chi connectivity index (χ0n) is 7.45. The fraction of sp³-hybridized carbons (Fsp3) is 0.250. The summed E-state index contributed by atoms with van der Waals surface area (Å²) in [5, 5.41) is 10.1. The summed E-state index contributed by atoms with van der Waals surface area (Å²) < 4.78 is 0. The first kappa shape index (κ1) is 10.6. The lowest BCUT2D eigenvalue weighted by molar-refractivity contribution is -0.131. The Kier molecular flexibility index (Phi) is 3.14. The van der Waals surface area contributed by atoms with E-state index in [0.717, 1.165) is 6.08 Å². The number of nitrogens with zero attached hydrogens (tertiary/aromatic N) is 1. The highest BCUT2D eigenvalue weighted by molar-refractivity contribution is 6.30. The predicted molar refractivity (Wildman–Crippen MR) is 50.2 cm³/mol. The lowest BCUT2D eigenvalue weighted by atomic mass is 10.1. The van der Waals surface area contributed by atoms with Crippen molar-refractivity contribution in [3.05, 3.63) is 22.9 Å². The van der Waals surface area contributed by atoms with Crippen LogP contribution in [-0.4, -0.2) is 29.0 Å².